The van der Waals surface area contributed by atoms with Gasteiger partial charge in [0, 0.05) is 25.6 Å². The summed E-state index contributed by atoms with van der Waals surface area (Å²) in [5.74, 6) is -0.757. The molecule has 0 spiro atoms. The van der Waals surface area contributed by atoms with Crippen molar-refractivity contribution >= 4 is 18.7 Å². The van der Waals surface area contributed by atoms with Crippen molar-refractivity contribution in [3.05, 3.63) is 73.3 Å². The normalized spacial score (nSPS) is 21.4. The fourth-order valence-electron chi connectivity index (χ4n) is 5.04. The highest BCUT2D eigenvalue weighted by Crippen LogP contribution is 2.38. The van der Waals surface area contributed by atoms with Gasteiger partial charge in [0.05, 0.1) is 12.7 Å². The predicted molar refractivity (Wildman–Crippen MR) is 141 cm³/mol. The Morgan fingerprint density at radius 3 is 2.09 bits per heavy atom. The first kappa shape index (κ1) is 26.8. The predicted octanol–water partition coefficient (Wildman–Crippen LogP) is 3.47. The van der Waals surface area contributed by atoms with Gasteiger partial charge < -0.3 is 24.3 Å². The van der Waals surface area contributed by atoms with Crippen LogP contribution < -0.4 is 15.7 Å². The average molecular weight is 484 g/mol. The summed E-state index contributed by atoms with van der Waals surface area (Å²) in [7, 11) is -2.69. The number of benzene rings is 2. The van der Waals surface area contributed by atoms with Gasteiger partial charge >= 0.3 is 0 Å². The molecule has 0 amide bonds. The van der Waals surface area contributed by atoms with Crippen LogP contribution in [0.5, 0.6) is 0 Å². The van der Waals surface area contributed by atoms with E-state index in [0.29, 0.717) is 19.7 Å². The number of nitrogens with one attached hydrogen (secondary N) is 1. The second-order valence-electron chi connectivity index (χ2n) is 10.5. The number of rotatable bonds is 11. The Hall–Kier alpha value is -1.80. The van der Waals surface area contributed by atoms with Gasteiger partial charge in [-0.25, -0.2) is 0 Å². The fourth-order valence-corrected chi connectivity index (χ4v) is 9.66. The summed E-state index contributed by atoms with van der Waals surface area (Å²) in [6.45, 7) is 16.2. The minimum atomic E-state index is -2.69. The third-order valence-electron chi connectivity index (χ3n) is 6.49. The van der Waals surface area contributed by atoms with Crippen molar-refractivity contribution in [2.24, 2.45) is 5.92 Å². The molecule has 0 saturated carbocycles. The molecular weight excluding hydrogens is 442 g/mol. The Morgan fingerprint density at radius 2 is 1.62 bits per heavy atom. The molecule has 6 heteroatoms. The maximum absolute atomic E-state index is 10.0. The zero-order valence-electron chi connectivity index (χ0n) is 21.3. The van der Waals surface area contributed by atoms with Crippen LogP contribution in [-0.2, 0) is 13.9 Å². The van der Waals surface area contributed by atoms with E-state index < -0.39 is 20.2 Å². The van der Waals surface area contributed by atoms with E-state index >= 15 is 0 Å². The van der Waals surface area contributed by atoms with Crippen molar-refractivity contribution in [2.75, 3.05) is 26.3 Å². The van der Waals surface area contributed by atoms with Crippen LogP contribution in [0.25, 0.3) is 0 Å². The molecule has 186 valence electrons. The van der Waals surface area contributed by atoms with Crippen LogP contribution >= 0.6 is 0 Å². The van der Waals surface area contributed by atoms with Gasteiger partial charge in [-0.1, -0.05) is 87.5 Å². The first-order valence-electron chi connectivity index (χ1n) is 12.2. The standard InChI is InChI=1S/C28H41NO4Si/c1-7-18-29-19-22(26-25(20-30)32-28(5,6)33-26)21-31-34(27(2,3)4,23-14-10-8-11-15-23)24-16-12-9-13-17-24/h7-17,22,25-26,29-30H,1,18-21H2,2-6H3/t22-,25-,26+/m1/s1. The minimum absolute atomic E-state index is 0.0134. The summed E-state index contributed by atoms with van der Waals surface area (Å²) in [4.78, 5) is 0. The average Bonchev–Trinajstić information content (AvgIpc) is 3.13. The second kappa shape index (κ2) is 11.3. The molecular formula is C28H41NO4Si. The summed E-state index contributed by atoms with van der Waals surface area (Å²) < 4.78 is 19.5. The number of hydrogen-bond acceptors (Lipinski definition) is 5. The van der Waals surface area contributed by atoms with Crippen LogP contribution in [-0.4, -0.2) is 57.7 Å². The van der Waals surface area contributed by atoms with Crippen LogP contribution in [0.3, 0.4) is 0 Å². The third kappa shape index (κ3) is 5.87. The first-order chi connectivity index (χ1) is 16.1. The molecule has 2 aromatic rings. The minimum Gasteiger partial charge on any atom is -0.407 e. The van der Waals surface area contributed by atoms with Crippen molar-refractivity contribution in [1.82, 2.24) is 5.32 Å². The molecule has 5 nitrogen and oxygen atoms in total. The van der Waals surface area contributed by atoms with E-state index in [0.717, 1.165) is 0 Å². The smallest absolute Gasteiger partial charge is 0.261 e. The van der Waals surface area contributed by atoms with Gasteiger partial charge in [0.15, 0.2) is 5.79 Å². The molecule has 2 aromatic carbocycles. The molecule has 1 aliphatic heterocycles. The summed E-state index contributed by atoms with van der Waals surface area (Å²) in [5, 5.41) is 15.8. The Labute approximate surface area is 206 Å². The molecule has 1 saturated heterocycles. The number of ether oxygens (including phenoxy) is 2. The van der Waals surface area contributed by atoms with Crippen molar-refractivity contribution < 1.29 is 19.0 Å². The summed E-state index contributed by atoms with van der Waals surface area (Å²) >= 11 is 0. The highest BCUT2D eigenvalue weighted by molar-refractivity contribution is 6.99. The monoisotopic (exact) mass is 483 g/mol. The highest BCUT2D eigenvalue weighted by atomic mass is 28.4. The molecule has 34 heavy (non-hydrogen) atoms. The summed E-state index contributed by atoms with van der Waals surface area (Å²) in [5.41, 5.74) is 0. The van der Waals surface area contributed by atoms with Gasteiger partial charge in [-0.05, 0) is 29.3 Å². The van der Waals surface area contributed by atoms with E-state index in [1.807, 2.05) is 19.9 Å². The van der Waals surface area contributed by atoms with Gasteiger partial charge in [-0.15, -0.1) is 6.58 Å². The van der Waals surface area contributed by atoms with Gasteiger partial charge in [0.25, 0.3) is 8.32 Å². The van der Waals surface area contributed by atoms with E-state index in [9.17, 15) is 5.11 Å². The number of aliphatic hydroxyl groups excluding tert-OH is 1. The molecule has 1 heterocycles. The zero-order chi connectivity index (χ0) is 24.8. The van der Waals surface area contributed by atoms with Crippen LogP contribution in [0.4, 0.5) is 0 Å². The van der Waals surface area contributed by atoms with Crippen LogP contribution in [0.2, 0.25) is 5.04 Å². The molecule has 0 bridgehead atoms. The zero-order valence-corrected chi connectivity index (χ0v) is 22.3. The maximum atomic E-state index is 10.0. The van der Waals surface area contributed by atoms with Gasteiger partial charge in [0.1, 0.15) is 6.10 Å². The van der Waals surface area contributed by atoms with E-state index in [1.165, 1.54) is 10.4 Å². The molecule has 3 rings (SSSR count). The van der Waals surface area contributed by atoms with Crippen LogP contribution in [0.1, 0.15) is 34.6 Å². The Kier molecular flexibility index (Phi) is 8.90. The lowest BCUT2D eigenvalue weighted by Gasteiger charge is -2.44. The van der Waals surface area contributed by atoms with Crippen LogP contribution in [0.15, 0.2) is 73.3 Å². The number of aliphatic hydroxyl groups is 1. The molecule has 1 aliphatic rings. The Bertz CT molecular complexity index is 858. The second-order valence-corrected chi connectivity index (χ2v) is 14.8. The molecule has 0 aliphatic carbocycles. The quantitative estimate of drug-likeness (QED) is 0.291. The molecule has 3 atom stereocenters. The van der Waals surface area contributed by atoms with Gasteiger partial charge in [-0.2, -0.15) is 0 Å². The molecule has 0 unspecified atom stereocenters. The Morgan fingerprint density at radius 1 is 1.06 bits per heavy atom. The van der Waals surface area contributed by atoms with E-state index in [2.05, 4.69) is 93.3 Å². The molecule has 2 N–H and O–H groups in total. The topological polar surface area (TPSA) is 60.0 Å². The first-order valence-corrected chi connectivity index (χ1v) is 14.1. The van der Waals surface area contributed by atoms with E-state index in [4.69, 9.17) is 13.9 Å². The largest absolute Gasteiger partial charge is 0.407 e. The lowest BCUT2D eigenvalue weighted by Crippen LogP contribution is -2.67. The van der Waals surface area contributed by atoms with E-state index in [1.54, 1.807) is 0 Å². The molecule has 0 aromatic heterocycles. The van der Waals surface area contributed by atoms with Gasteiger partial charge in [-0.3, -0.25) is 0 Å². The van der Waals surface area contributed by atoms with Crippen LogP contribution in [0, 0.1) is 5.92 Å². The fraction of sp³-hybridized carbons (Fsp3) is 0.500. The molecule has 0 radical (unpaired) electrons. The number of hydrogen-bond donors (Lipinski definition) is 2. The van der Waals surface area contributed by atoms with Crippen molar-refractivity contribution in [3.8, 4) is 0 Å². The van der Waals surface area contributed by atoms with Crippen molar-refractivity contribution in [1.29, 1.82) is 0 Å². The van der Waals surface area contributed by atoms with Gasteiger partial charge in [0.2, 0.25) is 0 Å². The van der Waals surface area contributed by atoms with Crippen molar-refractivity contribution in [2.45, 2.75) is 57.7 Å². The van der Waals surface area contributed by atoms with Crippen molar-refractivity contribution in [3.63, 3.8) is 0 Å². The lowest BCUT2D eigenvalue weighted by atomic mass is 9.99. The lowest BCUT2D eigenvalue weighted by molar-refractivity contribution is -0.153. The summed E-state index contributed by atoms with van der Waals surface area (Å²) in [6.07, 6.45) is 1.17. The molecule has 1 fully saturated rings. The third-order valence-corrected chi connectivity index (χ3v) is 11.5. The Balaban J connectivity index is 2.00. The highest BCUT2D eigenvalue weighted by Gasteiger charge is 2.51. The SMILES string of the molecule is C=CCNC[C@H](CO[Si](c1ccccc1)(c1ccccc1)C(C)(C)C)[C@@H]1OC(C)(C)O[C@@H]1CO. The summed E-state index contributed by atoms with van der Waals surface area (Å²) in [6, 6.07) is 21.3. The maximum Gasteiger partial charge on any atom is 0.261 e. The van der Waals surface area contributed by atoms with E-state index in [-0.39, 0.29) is 23.7 Å².